The normalized spacial score (nSPS) is 9.69. The first-order chi connectivity index (χ1) is 6.06. The minimum atomic E-state index is -0.0685. The van der Waals surface area contributed by atoms with Crippen LogP contribution in [0.3, 0.4) is 0 Å². The van der Waals surface area contributed by atoms with Gasteiger partial charge in [0.1, 0.15) is 0 Å². The van der Waals surface area contributed by atoms with Gasteiger partial charge in [0.25, 0.3) is 0 Å². The topological polar surface area (TPSA) is 78.3 Å². The van der Waals surface area contributed by atoms with Gasteiger partial charge in [-0.1, -0.05) is 0 Å². The third-order valence-electron chi connectivity index (χ3n) is 1.76. The van der Waals surface area contributed by atoms with Crippen molar-refractivity contribution in [2.45, 2.75) is 6.92 Å². The molecular formula is C9H12N2O2. The number of carbonyl (C=O) groups excluding carboxylic acids is 1. The lowest BCUT2D eigenvalue weighted by molar-refractivity contribution is 0.101. The van der Waals surface area contributed by atoms with Crippen LogP contribution in [0, 0.1) is 0 Å². The number of Topliss-reactive ketones (excluding diaryl/α,β-unsaturated/α-hetero) is 1. The number of carbonyl (C=O) groups is 1. The van der Waals surface area contributed by atoms with Crippen molar-refractivity contribution in [2.24, 2.45) is 0 Å². The van der Waals surface area contributed by atoms with E-state index in [1.807, 2.05) is 0 Å². The lowest BCUT2D eigenvalue weighted by Crippen LogP contribution is -2.01. The molecule has 0 spiro atoms. The number of hydrogen-bond acceptors (Lipinski definition) is 4. The lowest BCUT2D eigenvalue weighted by atomic mass is 10.1. The largest absolute Gasteiger partial charge is 0.492 e. The Balaban J connectivity index is 3.28. The highest BCUT2D eigenvalue weighted by molar-refractivity contribution is 5.97. The van der Waals surface area contributed by atoms with Crippen molar-refractivity contribution in [3.05, 3.63) is 17.7 Å². The standard InChI is InChI=1S/C9H12N2O2/c1-5(12)6-3-7(10)9(13-2)8(11)4-6/h3-4H,10-11H2,1-2H3. The fourth-order valence-corrected chi connectivity index (χ4v) is 1.11. The van der Waals surface area contributed by atoms with E-state index < -0.39 is 0 Å². The van der Waals surface area contributed by atoms with E-state index in [1.165, 1.54) is 14.0 Å². The Kier molecular flexibility index (Phi) is 2.41. The number of nitrogen functional groups attached to an aromatic ring is 2. The number of ketones is 1. The minimum absolute atomic E-state index is 0.0685. The number of rotatable bonds is 2. The summed E-state index contributed by atoms with van der Waals surface area (Å²) in [5, 5.41) is 0. The molecule has 0 bridgehead atoms. The fraction of sp³-hybridized carbons (Fsp3) is 0.222. The van der Waals surface area contributed by atoms with E-state index >= 15 is 0 Å². The smallest absolute Gasteiger partial charge is 0.164 e. The molecule has 0 amide bonds. The summed E-state index contributed by atoms with van der Waals surface area (Å²) in [6.45, 7) is 1.46. The number of methoxy groups -OCH3 is 1. The van der Waals surface area contributed by atoms with Gasteiger partial charge in [-0.3, -0.25) is 4.79 Å². The van der Waals surface area contributed by atoms with Crippen molar-refractivity contribution in [3.63, 3.8) is 0 Å². The molecule has 0 aliphatic carbocycles. The Bertz CT molecular complexity index is 324. The van der Waals surface area contributed by atoms with Crippen molar-refractivity contribution in [1.82, 2.24) is 0 Å². The summed E-state index contributed by atoms with van der Waals surface area (Å²) in [4.78, 5) is 11.0. The molecule has 0 saturated heterocycles. The summed E-state index contributed by atoms with van der Waals surface area (Å²) < 4.78 is 4.95. The zero-order valence-electron chi connectivity index (χ0n) is 7.63. The highest BCUT2D eigenvalue weighted by atomic mass is 16.5. The number of hydrogen-bond donors (Lipinski definition) is 2. The van der Waals surface area contributed by atoms with Gasteiger partial charge in [0, 0.05) is 5.56 Å². The molecule has 0 aromatic heterocycles. The zero-order chi connectivity index (χ0) is 10.0. The van der Waals surface area contributed by atoms with Gasteiger partial charge in [-0.15, -0.1) is 0 Å². The highest BCUT2D eigenvalue weighted by Crippen LogP contribution is 2.30. The van der Waals surface area contributed by atoms with Gasteiger partial charge in [-0.2, -0.15) is 0 Å². The summed E-state index contributed by atoms with van der Waals surface area (Å²) in [5.41, 5.74) is 12.5. The summed E-state index contributed by atoms with van der Waals surface area (Å²) in [5.74, 6) is 0.353. The average molecular weight is 180 g/mol. The quantitative estimate of drug-likeness (QED) is 0.527. The van der Waals surface area contributed by atoms with Crippen LogP contribution in [0.5, 0.6) is 5.75 Å². The molecule has 4 N–H and O–H groups in total. The summed E-state index contributed by atoms with van der Waals surface area (Å²) in [6.07, 6.45) is 0. The van der Waals surface area contributed by atoms with Crippen molar-refractivity contribution in [2.75, 3.05) is 18.6 Å². The molecular weight excluding hydrogens is 168 g/mol. The van der Waals surface area contributed by atoms with Crippen LogP contribution in [-0.4, -0.2) is 12.9 Å². The lowest BCUT2D eigenvalue weighted by Gasteiger charge is -2.08. The maximum absolute atomic E-state index is 11.0. The van der Waals surface area contributed by atoms with Crippen LogP contribution in [0.25, 0.3) is 0 Å². The SMILES string of the molecule is COc1c(N)cc(C(C)=O)cc1N. The number of benzene rings is 1. The number of nitrogens with two attached hydrogens (primary N) is 2. The first-order valence-electron chi connectivity index (χ1n) is 3.80. The van der Waals surface area contributed by atoms with E-state index in [4.69, 9.17) is 16.2 Å². The Morgan fingerprint density at radius 3 is 2.08 bits per heavy atom. The minimum Gasteiger partial charge on any atom is -0.492 e. The molecule has 0 atom stereocenters. The molecule has 0 saturated carbocycles. The molecule has 1 rings (SSSR count). The van der Waals surface area contributed by atoms with Crippen LogP contribution < -0.4 is 16.2 Å². The van der Waals surface area contributed by atoms with E-state index in [0.29, 0.717) is 22.7 Å². The van der Waals surface area contributed by atoms with Crippen LogP contribution in [0.2, 0.25) is 0 Å². The van der Waals surface area contributed by atoms with Gasteiger partial charge < -0.3 is 16.2 Å². The van der Waals surface area contributed by atoms with Gasteiger partial charge in [-0.25, -0.2) is 0 Å². The Morgan fingerprint density at radius 2 is 1.77 bits per heavy atom. The van der Waals surface area contributed by atoms with Crippen molar-refractivity contribution >= 4 is 17.2 Å². The molecule has 0 aliphatic rings. The predicted octanol–water partition coefficient (Wildman–Crippen LogP) is 1.06. The molecule has 13 heavy (non-hydrogen) atoms. The Labute approximate surface area is 76.5 Å². The highest BCUT2D eigenvalue weighted by Gasteiger charge is 2.08. The molecule has 4 heteroatoms. The zero-order valence-corrected chi connectivity index (χ0v) is 7.63. The van der Waals surface area contributed by atoms with Crippen LogP contribution in [0.15, 0.2) is 12.1 Å². The number of anilines is 2. The van der Waals surface area contributed by atoms with E-state index in [-0.39, 0.29) is 5.78 Å². The summed E-state index contributed by atoms with van der Waals surface area (Å²) in [7, 11) is 1.48. The third kappa shape index (κ3) is 1.72. The van der Waals surface area contributed by atoms with E-state index in [1.54, 1.807) is 12.1 Å². The van der Waals surface area contributed by atoms with Gasteiger partial charge >= 0.3 is 0 Å². The first kappa shape index (κ1) is 9.38. The molecule has 1 aromatic rings. The maximum Gasteiger partial charge on any atom is 0.164 e. The summed E-state index contributed by atoms with van der Waals surface area (Å²) in [6, 6.07) is 3.11. The molecule has 1 aromatic carbocycles. The Morgan fingerprint density at radius 1 is 1.31 bits per heavy atom. The first-order valence-corrected chi connectivity index (χ1v) is 3.80. The van der Waals surface area contributed by atoms with E-state index in [9.17, 15) is 4.79 Å². The molecule has 70 valence electrons. The molecule has 0 unspecified atom stereocenters. The molecule has 0 heterocycles. The average Bonchev–Trinajstić information content (AvgIpc) is 2.03. The Hall–Kier alpha value is -1.71. The van der Waals surface area contributed by atoms with Gasteiger partial charge in [0.2, 0.25) is 0 Å². The van der Waals surface area contributed by atoms with Crippen molar-refractivity contribution in [1.29, 1.82) is 0 Å². The number of ether oxygens (including phenoxy) is 1. The van der Waals surface area contributed by atoms with Crippen LogP contribution >= 0.6 is 0 Å². The predicted molar refractivity (Wildman–Crippen MR) is 51.8 cm³/mol. The van der Waals surface area contributed by atoms with Crippen LogP contribution in [-0.2, 0) is 0 Å². The van der Waals surface area contributed by atoms with Gasteiger partial charge in [0.05, 0.1) is 18.5 Å². The third-order valence-corrected chi connectivity index (χ3v) is 1.76. The van der Waals surface area contributed by atoms with E-state index in [2.05, 4.69) is 0 Å². The molecule has 0 radical (unpaired) electrons. The summed E-state index contributed by atoms with van der Waals surface area (Å²) >= 11 is 0. The maximum atomic E-state index is 11.0. The van der Waals surface area contributed by atoms with Gasteiger partial charge in [-0.05, 0) is 19.1 Å². The molecule has 0 fully saturated rings. The molecule has 0 aliphatic heterocycles. The van der Waals surface area contributed by atoms with Crippen molar-refractivity contribution < 1.29 is 9.53 Å². The second-order valence-corrected chi connectivity index (χ2v) is 2.74. The monoisotopic (exact) mass is 180 g/mol. The van der Waals surface area contributed by atoms with E-state index in [0.717, 1.165) is 0 Å². The second kappa shape index (κ2) is 3.35. The second-order valence-electron chi connectivity index (χ2n) is 2.74. The van der Waals surface area contributed by atoms with Crippen molar-refractivity contribution in [3.8, 4) is 5.75 Å². The van der Waals surface area contributed by atoms with Gasteiger partial charge in [0.15, 0.2) is 11.5 Å². The van der Waals surface area contributed by atoms with Crippen LogP contribution in [0.4, 0.5) is 11.4 Å². The fourth-order valence-electron chi connectivity index (χ4n) is 1.11. The molecule has 4 nitrogen and oxygen atoms in total. The van der Waals surface area contributed by atoms with Crippen LogP contribution in [0.1, 0.15) is 17.3 Å².